The topological polar surface area (TPSA) is 59.1 Å². The monoisotopic (exact) mass is 702 g/mol. The summed E-state index contributed by atoms with van der Waals surface area (Å²) in [5.74, 6) is 3.30. The van der Waals surface area contributed by atoms with Crippen molar-refractivity contribution in [2.75, 3.05) is 26.2 Å². The summed E-state index contributed by atoms with van der Waals surface area (Å²) in [7, 11) is 0. The van der Waals surface area contributed by atoms with Crippen LogP contribution in [-0.4, -0.2) is 60.0 Å². The zero-order chi connectivity index (χ0) is 34.9. The van der Waals surface area contributed by atoms with Gasteiger partial charge in [-0.3, -0.25) is 9.80 Å². The van der Waals surface area contributed by atoms with Crippen molar-refractivity contribution in [2.45, 2.75) is 138 Å². The highest BCUT2D eigenvalue weighted by Gasteiger charge is 2.55. The zero-order valence-corrected chi connectivity index (χ0v) is 31.2. The van der Waals surface area contributed by atoms with Gasteiger partial charge in [-0.15, -0.1) is 0 Å². The van der Waals surface area contributed by atoms with Gasteiger partial charge in [0.2, 0.25) is 0 Å². The van der Waals surface area contributed by atoms with Gasteiger partial charge in [0.05, 0.1) is 0 Å². The standard InChI is InChI=1S/C46H58N2O4/c49-43(51-35-15-13-33-25-41-37-11-1-3-19-45(37,39(33)27-35)21-23-47(41)29-31-7-5-8-31)17-18-44(50)52-36-16-14-34-26-42-38-12-2-4-20-46(38,40(34)28-36)22-24-48(42)30-32-9-6-10-32/h13-18,27-28,31-32,37-38,41-42H,1-12,19-26,29-30H2/b18-17+. The number of carbonyl (C=O) groups is 2. The number of hydrogen-bond acceptors (Lipinski definition) is 6. The Labute approximate surface area is 310 Å². The van der Waals surface area contributed by atoms with E-state index in [1.807, 2.05) is 12.1 Å². The number of rotatable bonds is 8. The van der Waals surface area contributed by atoms with Gasteiger partial charge in [-0.05, 0) is 160 Å². The van der Waals surface area contributed by atoms with Gasteiger partial charge in [0.25, 0.3) is 0 Å². The van der Waals surface area contributed by atoms with E-state index < -0.39 is 11.9 Å². The fourth-order valence-electron chi connectivity index (χ4n) is 13.2. The maximum absolute atomic E-state index is 13.1. The van der Waals surface area contributed by atoms with Gasteiger partial charge in [0.1, 0.15) is 11.5 Å². The average molecular weight is 703 g/mol. The van der Waals surface area contributed by atoms with Crippen molar-refractivity contribution >= 4 is 11.9 Å². The van der Waals surface area contributed by atoms with E-state index in [2.05, 4.69) is 34.1 Å². The summed E-state index contributed by atoms with van der Waals surface area (Å²) in [6.07, 6.45) is 25.9. The fourth-order valence-corrected chi connectivity index (χ4v) is 13.2. The smallest absolute Gasteiger partial charge is 0.336 e. The second kappa shape index (κ2) is 13.4. The SMILES string of the molecule is O=C(/C=C/C(=O)Oc1ccc2c(c1)C13CCCCC1C(C2)N(CC1CCC1)CC3)Oc1ccc2c(c1)C13CCCCC1C(C2)N(CC1CCC1)CC3. The van der Waals surface area contributed by atoms with E-state index in [-0.39, 0.29) is 10.8 Å². The van der Waals surface area contributed by atoms with Crippen molar-refractivity contribution in [3.63, 3.8) is 0 Å². The molecular formula is C46H58N2O4. The Morgan fingerprint density at radius 1 is 0.596 bits per heavy atom. The molecule has 0 N–H and O–H groups in total. The average Bonchev–Trinajstić information content (AvgIpc) is 3.12. The van der Waals surface area contributed by atoms with Crippen molar-refractivity contribution in [2.24, 2.45) is 23.7 Å². The summed E-state index contributed by atoms with van der Waals surface area (Å²) in [5, 5.41) is 0. The lowest BCUT2D eigenvalue weighted by Gasteiger charge is -2.59. The number of carbonyl (C=O) groups excluding carboxylic acids is 2. The molecule has 2 aromatic carbocycles. The van der Waals surface area contributed by atoms with E-state index in [0.29, 0.717) is 35.4 Å². The molecule has 2 heterocycles. The summed E-state index contributed by atoms with van der Waals surface area (Å²) in [6, 6.07) is 14.0. The summed E-state index contributed by atoms with van der Waals surface area (Å²) in [5.41, 5.74) is 6.14. The van der Waals surface area contributed by atoms with E-state index in [1.165, 1.54) is 163 Å². The fraction of sp³-hybridized carbons (Fsp3) is 0.652. The Morgan fingerprint density at radius 3 is 1.48 bits per heavy atom. The Bertz CT molecular complexity index is 1620. The molecule has 0 amide bonds. The summed E-state index contributed by atoms with van der Waals surface area (Å²) in [4.78, 5) is 31.8. The van der Waals surface area contributed by atoms with Crippen LogP contribution >= 0.6 is 0 Å². The van der Waals surface area contributed by atoms with E-state index in [9.17, 15) is 9.59 Å². The zero-order valence-electron chi connectivity index (χ0n) is 31.2. The van der Waals surface area contributed by atoms with Gasteiger partial charge < -0.3 is 9.47 Å². The number of likely N-dealkylation sites (tertiary alicyclic amines) is 2. The third-order valence-electron chi connectivity index (χ3n) is 16.1. The molecule has 0 aromatic heterocycles. The first-order valence-corrected chi connectivity index (χ1v) is 21.3. The van der Waals surface area contributed by atoms with Gasteiger partial charge in [-0.1, -0.05) is 50.7 Å². The third kappa shape index (κ3) is 5.72. The number of ether oxygens (including phenoxy) is 2. The molecule has 4 saturated carbocycles. The summed E-state index contributed by atoms with van der Waals surface area (Å²) >= 11 is 0. The molecule has 2 aliphatic heterocycles. The van der Waals surface area contributed by atoms with Crippen LogP contribution in [0, 0.1) is 23.7 Å². The van der Waals surface area contributed by atoms with E-state index in [1.54, 1.807) is 0 Å². The molecule has 8 aliphatic rings. The second-order valence-electron chi connectivity index (χ2n) is 18.5. The predicted molar refractivity (Wildman–Crippen MR) is 203 cm³/mol. The van der Waals surface area contributed by atoms with Crippen LogP contribution in [0.5, 0.6) is 11.5 Å². The molecule has 6 nitrogen and oxygen atoms in total. The van der Waals surface area contributed by atoms with Gasteiger partial charge >= 0.3 is 11.9 Å². The molecule has 4 bridgehead atoms. The lowest BCUT2D eigenvalue weighted by molar-refractivity contribution is -0.131. The van der Waals surface area contributed by atoms with Crippen LogP contribution in [0.2, 0.25) is 0 Å². The van der Waals surface area contributed by atoms with Gasteiger partial charge in [-0.2, -0.15) is 0 Å². The summed E-state index contributed by atoms with van der Waals surface area (Å²) < 4.78 is 11.7. The number of piperidine rings is 2. The first kappa shape index (κ1) is 33.6. The van der Waals surface area contributed by atoms with Crippen molar-refractivity contribution in [1.29, 1.82) is 0 Å². The molecule has 6 aliphatic carbocycles. The van der Waals surface area contributed by atoms with Crippen LogP contribution in [0.4, 0.5) is 0 Å². The van der Waals surface area contributed by atoms with Crippen LogP contribution in [0.15, 0.2) is 48.6 Å². The molecule has 6 atom stereocenters. The Balaban J connectivity index is 0.811. The van der Waals surface area contributed by atoms with Crippen molar-refractivity contribution in [1.82, 2.24) is 9.80 Å². The molecule has 52 heavy (non-hydrogen) atoms. The second-order valence-corrected chi connectivity index (χ2v) is 18.5. The number of hydrogen-bond donors (Lipinski definition) is 0. The summed E-state index contributed by atoms with van der Waals surface area (Å²) in [6.45, 7) is 4.95. The Morgan fingerprint density at radius 2 is 1.06 bits per heavy atom. The third-order valence-corrected chi connectivity index (χ3v) is 16.1. The lowest BCUT2D eigenvalue weighted by atomic mass is 9.52. The molecule has 6 heteroatoms. The van der Waals surface area contributed by atoms with E-state index in [4.69, 9.17) is 9.47 Å². The highest BCUT2D eigenvalue weighted by molar-refractivity contribution is 5.93. The highest BCUT2D eigenvalue weighted by atomic mass is 16.5. The Hall–Kier alpha value is -2.96. The predicted octanol–water partition coefficient (Wildman–Crippen LogP) is 8.47. The molecule has 10 rings (SSSR count). The maximum Gasteiger partial charge on any atom is 0.336 e. The van der Waals surface area contributed by atoms with Gasteiger partial charge in [0, 0.05) is 48.2 Å². The molecule has 0 radical (unpaired) electrons. The van der Waals surface area contributed by atoms with Crippen LogP contribution in [0.3, 0.4) is 0 Å². The molecule has 2 saturated heterocycles. The van der Waals surface area contributed by atoms with Gasteiger partial charge in [0.15, 0.2) is 0 Å². The van der Waals surface area contributed by atoms with Crippen molar-refractivity contribution < 1.29 is 19.1 Å². The van der Waals surface area contributed by atoms with Crippen molar-refractivity contribution in [3.8, 4) is 11.5 Å². The van der Waals surface area contributed by atoms with Crippen LogP contribution < -0.4 is 9.47 Å². The minimum absolute atomic E-state index is 0.203. The van der Waals surface area contributed by atoms with Crippen LogP contribution in [0.25, 0.3) is 0 Å². The molecule has 6 unspecified atom stereocenters. The molecule has 0 spiro atoms. The maximum atomic E-state index is 13.1. The van der Waals surface area contributed by atoms with Gasteiger partial charge in [-0.25, -0.2) is 9.59 Å². The first-order valence-electron chi connectivity index (χ1n) is 21.3. The molecule has 276 valence electrons. The number of fused-ring (bicyclic) bond motifs is 2. The number of benzene rings is 2. The first-order chi connectivity index (χ1) is 25.5. The Kier molecular flexibility index (Phi) is 8.66. The van der Waals surface area contributed by atoms with E-state index in [0.717, 1.165) is 24.7 Å². The molecule has 6 fully saturated rings. The lowest BCUT2D eigenvalue weighted by Crippen LogP contribution is -2.61. The van der Waals surface area contributed by atoms with Crippen LogP contribution in [-0.2, 0) is 33.3 Å². The normalized spacial score (nSPS) is 34.2. The molecule has 2 aromatic rings. The largest absolute Gasteiger partial charge is 0.423 e. The minimum atomic E-state index is -0.535. The number of esters is 2. The molecular weight excluding hydrogens is 645 g/mol. The number of nitrogens with zero attached hydrogens (tertiary/aromatic N) is 2. The minimum Gasteiger partial charge on any atom is -0.423 e. The van der Waals surface area contributed by atoms with Crippen LogP contribution in [0.1, 0.15) is 125 Å². The van der Waals surface area contributed by atoms with Crippen molar-refractivity contribution in [3.05, 3.63) is 70.8 Å². The highest BCUT2D eigenvalue weighted by Crippen LogP contribution is 2.58. The van der Waals surface area contributed by atoms with E-state index >= 15 is 0 Å². The quantitative estimate of drug-likeness (QED) is 0.156.